The van der Waals surface area contributed by atoms with Crippen molar-refractivity contribution >= 4 is 23.7 Å². The number of hydrogen-bond donors (Lipinski definition) is 1. The maximum atomic E-state index is 10.1. The van der Waals surface area contributed by atoms with Crippen LogP contribution in [0.25, 0.3) is 0 Å². The van der Waals surface area contributed by atoms with Crippen molar-refractivity contribution in [1.82, 2.24) is 4.98 Å². The fourth-order valence-electron chi connectivity index (χ4n) is 0.774. The van der Waals surface area contributed by atoms with Crippen molar-refractivity contribution in [3.63, 3.8) is 0 Å². The van der Waals surface area contributed by atoms with Crippen LogP contribution < -0.4 is 5.32 Å². The third kappa shape index (κ3) is 1.68. The van der Waals surface area contributed by atoms with E-state index in [1.165, 1.54) is 6.20 Å². The minimum atomic E-state index is 0.456. The molecule has 1 amide bonds. The molecule has 1 aromatic heterocycles. The Balaban J connectivity index is 3.09. The summed E-state index contributed by atoms with van der Waals surface area (Å²) in [5.41, 5.74) is 1.47. The standard InChI is InChI=1S/C7H7ClN2O/c1-5-2-9-3-6(8)7(5)10-4-11/h2-4H,1H3,(H,9,10,11). The molecule has 0 unspecified atom stereocenters. The summed E-state index contributed by atoms with van der Waals surface area (Å²) in [6, 6.07) is 0. The molecule has 4 heteroatoms. The lowest BCUT2D eigenvalue weighted by Gasteiger charge is -2.03. The highest BCUT2D eigenvalue weighted by atomic mass is 35.5. The Morgan fingerprint density at radius 3 is 2.91 bits per heavy atom. The second-order valence-corrected chi connectivity index (χ2v) is 2.48. The molecule has 58 valence electrons. The van der Waals surface area contributed by atoms with E-state index in [0.717, 1.165) is 5.56 Å². The van der Waals surface area contributed by atoms with Crippen molar-refractivity contribution in [3.05, 3.63) is 23.0 Å². The van der Waals surface area contributed by atoms with Gasteiger partial charge in [-0.2, -0.15) is 0 Å². The van der Waals surface area contributed by atoms with Gasteiger partial charge in [-0.15, -0.1) is 0 Å². The quantitative estimate of drug-likeness (QED) is 0.686. The number of pyridine rings is 1. The van der Waals surface area contributed by atoms with Crippen LogP contribution in [0.15, 0.2) is 12.4 Å². The number of amides is 1. The minimum absolute atomic E-state index is 0.456. The van der Waals surface area contributed by atoms with Crippen molar-refractivity contribution in [2.75, 3.05) is 5.32 Å². The van der Waals surface area contributed by atoms with Crippen LogP contribution in [0.5, 0.6) is 0 Å². The molecule has 0 aromatic carbocycles. The Labute approximate surface area is 69.4 Å². The Kier molecular flexibility index (Phi) is 2.44. The average Bonchev–Trinajstić information content (AvgIpc) is 1.97. The van der Waals surface area contributed by atoms with E-state index in [4.69, 9.17) is 11.6 Å². The van der Waals surface area contributed by atoms with Gasteiger partial charge in [0.25, 0.3) is 0 Å². The highest BCUT2D eigenvalue weighted by Crippen LogP contribution is 2.22. The number of nitrogens with zero attached hydrogens (tertiary/aromatic N) is 1. The van der Waals surface area contributed by atoms with Gasteiger partial charge >= 0.3 is 0 Å². The highest BCUT2D eigenvalue weighted by molar-refractivity contribution is 6.33. The number of carbonyl (C=O) groups excluding carboxylic acids is 1. The van der Waals surface area contributed by atoms with E-state index in [0.29, 0.717) is 17.1 Å². The van der Waals surface area contributed by atoms with E-state index in [-0.39, 0.29) is 0 Å². The molecule has 0 radical (unpaired) electrons. The summed E-state index contributed by atoms with van der Waals surface area (Å²) in [4.78, 5) is 13.9. The van der Waals surface area contributed by atoms with Gasteiger partial charge in [0.2, 0.25) is 6.41 Å². The molecule has 1 heterocycles. The van der Waals surface area contributed by atoms with Gasteiger partial charge in [0.1, 0.15) is 0 Å². The van der Waals surface area contributed by atoms with Crippen LogP contribution in [0.3, 0.4) is 0 Å². The number of aryl methyl sites for hydroxylation is 1. The van der Waals surface area contributed by atoms with Crippen LogP contribution in [0.4, 0.5) is 5.69 Å². The van der Waals surface area contributed by atoms with Gasteiger partial charge in [0.05, 0.1) is 10.7 Å². The summed E-state index contributed by atoms with van der Waals surface area (Å²) in [6.07, 6.45) is 3.71. The largest absolute Gasteiger partial charge is 0.327 e. The molecule has 0 fully saturated rings. The molecule has 1 aromatic rings. The predicted molar refractivity (Wildman–Crippen MR) is 43.7 cm³/mol. The zero-order valence-corrected chi connectivity index (χ0v) is 6.72. The summed E-state index contributed by atoms with van der Waals surface area (Å²) in [5, 5.41) is 2.95. The lowest BCUT2D eigenvalue weighted by atomic mass is 10.2. The Hall–Kier alpha value is -1.09. The fraction of sp³-hybridized carbons (Fsp3) is 0.143. The number of halogens is 1. The van der Waals surface area contributed by atoms with Crippen molar-refractivity contribution in [3.8, 4) is 0 Å². The number of carbonyl (C=O) groups is 1. The van der Waals surface area contributed by atoms with E-state index in [9.17, 15) is 4.79 Å². The maximum Gasteiger partial charge on any atom is 0.211 e. The number of rotatable bonds is 2. The summed E-state index contributed by atoms with van der Waals surface area (Å²) in [7, 11) is 0. The molecule has 0 saturated carbocycles. The molecule has 11 heavy (non-hydrogen) atoms. The number of aromatic nitrogens is 1. The lowest BCUT2D eigenvalue weighted by molar-refractivity contribution is -0.105. The molecule has 1 N–H and O–H groups in total. The highest BCUT2D eigenvalue weighted by Gasteiger charge is 2.01. The first-order chi connectivity index (χ1) is 5.25. The Bertz CT molecular complexity index is 255. The van der Waals surface area contributed by atoms with Gasteiger partial charge in [0.15, 0.2) is 0 Å². The van der Waals surface area contributed by atoms with Gasteiger partial charge < -0.3 is 5.32 Å². The minimum Gasteiger partial charge on any atom is -0.327 e. The van der Waals surface area contributed by atoms with Crippen LogP contribution in [0.2, 0.25) is 5.02 Å². The smallest absolute Gasteiger partial charge is 0.211 e. The van der Waals surface area contributed by atoms with Crippen LogP contribution >= 0.6 is 11.6 Å². The second-order valence-electron chi connectivity index (χ2n) is 2.08. The molecule has 3 nitrogen and oxygen atoms in total. The van der Waals surface area contributed by atoms with Crippen molar-refractivity contribution in [2.45, 2.75) is 6.92 Å². The van der Waals surface area contributed by atoms with Crippen molar-refractivity contribution in [2.24, 2.45) is 0 Å². The predicted octanol–water partition coefficient (Wildman–Crippen LogP) is 1.61. The zero-order chi connectivity index (χ0) is 8.27. The maximum absolute atomic E-state index is 10.1. The molecule has 0 aliphatic rings. The summed E-state index contributed by atoms with van der Waals surface area (Å²) in [5.74, 6) is 0. The molecular formula is C7H7ClN2O. The number of hydrogen-bond acceptors (Lipinski definition) is 2. The molecule has 0 spiro atoms. The number of nitrogens with one attached hydrogen (secondary N) is 1. The summed E-state index contributed by atoms with van der Waals surface area (Å²) in [6.45, 7) is 1.82. The third-order valence-corrected chi connectivity index (χ3v) is 1.58. The molecule has 0 bridgehead atoms. The van der Waals surface area contributed by atoms with E-state index < -0.39 is 0 Å². The molecule has 0 saturated heterocycles. The molecule has 0 aliphatic carbocycles. The first-order valence-corrected chi connectivity index (χ1v) is 3.44. The van der Waals surface area contributed by atoms with Crippen LogP contribution in [0, 0.1) is 6.92 Å². The lowest BCUT2D eigenvalue weighted by Crippen LogP contribution is -1.97. The van der Waals surface area contributed by atoms with Crippen LogP contribution in [-0.4, -0.2) is 11.4 Å². The third-order valence-electron chi connectivity index (χ3n) is 1.29. The van der Waals surface area contributed by atoms with Gasteiger partial charge in [-0.3, -0.25) is 9.78 Å². The number of anilines is 1. The average molecular weight is 171 g/mol. The van der Waals surface area contributed by atoms with Crippen molar-refractivity contribution in [1.29, 1.82) is 0 Å². The van der Waals surface area contributed by atoms with Crippen LogP contribution in [0.1, 0.15) is 5.56 Å². The Morgan fingerprint density at radius 2 is 2.36 bits per heavy atom. The first kappa shape index (κ1) is 8.01. The van der Waals surface area contributed by atoms with Gasteiger partial charge in [-0.25, -0.2) is 0 Å². The van der Waals surface area contributed by atoms with Crippen LogP contribution in [-0.2, 0) is 4.79 Å². The SMILES string of the molecule is Cc1cncc(Cl)c1NC=O. The fourth-order valence-corrected chi connectivity index (χ4v) is 1.03. The monoisotopic (exact) mass is 170 g/mol. The first-order valence-electron chi connectivity index (χ1n) is 3.06. The Morgan fingerprint density at radius 1 is 1.64 bits per heavy atom. The van der Waals surface area contributed by atoms with Crippen molar-refractivity contribution < 1.29 is 4.79 Å². The molecular weight excluding hydrogens is 164 g/mol. The van der Waals surface area contributed by atoms with E-state index in [1.807, 2.05) is 6.92 Å². The van der Waals surface area contributed by atoms with Gasteiger partial charge in [-0.05, 0) is 12.5 Å². The zero-order valence-electron chi connectivity index (χ0n) is 5.97. The molecule has 1 rings (SSSR count). The van der Waals surface area contributed by atoms with E-state index in [2.05, 4.69) is 10.3 Å². The van der Waals surface area contributed by atoms with Gasteiger partial charge in [0, 0.05) is 12.4 Å². The molecule has 0 aliphatic heterocycles. The topological polar surface area (TPSA) is 42.0 Å². The summed E-state index contributed by atoms with van der Waals surface area (Å²) < 4.78 is 0. The van der Waals surface area contributed by atoms with Gasteiger partial charge in [-0.1, -0.05) is 11.6 Å². The summed E-state index contributed by atoms with van der Waals surface area (Å²) >= 11 is 5.72. The molecule has 0 atom stereocenters. The normalized spacial score (nSPS) is 9.27. The van der Waals surface area contributed by atoms with E-state index in [1.54, 1.807) is 6.20 Å². The van der Waals surface area contributed by atoms with E-state index >= 15 is 0 Å². The second kappa shape index (κ2) is 3.34.